The summed E-state index contributed by atoms with van der Waals surface area (Å²) in [6.07, 6.45) is 2.78. The molecule has 1 fully saturated rings. The largest absolute Gasteiger partial charge is 0.464 e. The van der Waals surface area contributed by atoms with Crippen LogP contribution < -0.4 is 5.73 Å². The van der Waals surface area contributed by atoms with Crippen molar-refractivity contribution >= 4 is 23.6 Å². The van der Waals surface area contributed by atoms with Crippen molar-refractivity contribution in [2.24, 2.45) is 11.7 Å². The van der Waals surface area contributed by atoms with E-state index in [9.17, 15) is 9.59 Å². The first-order valence-electron chi connectivity index (χ1n) is 7.75. The molecule has 2 heterocycles. The van der Waals surface area contributed by atoms with Gasteiger partial charge in [-0.3, -0.25) is 9.59 Å². The topological polar surface area (TPSA) is 76.5 Å². The van der Waals surface area contributed by atoms with Gasteiger partial charge in [-0.15, -0.1) is 11.8 Å². The van der Waals surface area contributed by atoms with Gasteiger partial charge in [-0.1, -0.05) is 13.8 Å². The van der Waals surface area contributed by atoms with Crippen LogP contribution in [-0.4, -0.2) is 34.8 Å². The fourth-order valence-electron chi connectivity index (χ4n) is 2.80. The zero-order valence-electron chi connectivity index (χ0n) is 13.2. The van der Waals surface area contributed by atoms with E-state index >= 15 is 0 Å². The Morgan fingerprint density at radius 2 is 2.18 bits per heavy atom. The first-order chi connectivity index (χ1) is 10.5. The number of primary amides is 1. The van der Waals surface area contributed by atoms with Crippen LogP contribution in [0.1, 0.15) is 44.3 Å². The number of piperidine rings is 1. The minimum atomic E-state index is -0.389. The van der Waals surface area contributed by atoms with Gasteiger partial charge < -0.3 is 15.1 Å². The maximum Gasteiger partial charge on any atom is 0.233 e. The summed E-state index contributed by atoms with van der Waals surface area (Å²) in [5.41, 5.74) is 5.11. The fourth-order valence-corrected chi connectivity index (χ4v) is 3.44. The first kappa shape index (κ1) is 16.9. The Hall–Kier alpha value is -1.43. The zero-order chi connectivity index (χ0) is 16.1. The second-order valence-electron chi connectivity index (χ2n) is 5.85. The maximum atomic E-state index is 12.5. The predicted molar refractivity (Wildman–Crippen MR) is 87.5 cm³/mol. The van der Waals surface area contributed by atoms with E-state index in [-0.39, 0.29) is 29.4 Å². The molecule has 0 spiro atoms. The molecule has 2 N–H and O–H groups in total. The van der Waals surface area contributed by atoms with E-state index in [0.29, 0.717) is 5.92 Å². The highest BCUT2D eigenvalue weighted by Crippen LogP contribution is 2.35. The second-order valence-corrected chi connectivity index (χ2v) is 6.83. The van der Waals surface area contributed by atoms with Crippen molar-refractivity contribution < 1.29 is 14.0 Å². The Labute approximate surface area is 135 Å². The highest BCUT2D eigenvalue weighted by atomic mass is 32.2. The van der Waals surface area contributed by atoms with Crippen molar-refractivity contribution in [1.82, 2.24) is 4.90 Å². The molecular formula is C16H24N2O3S. The number of hydrogen-bond acceptors (Lipinski definition) is 4. The molecule has 5 nitrogen and oxygen atoms in total. The Kier molecular flexibility index (Phi) is 5.94. The highest BCUT2D eigenvalue weighted by molar-refractivity contribution is 8.00. The number of furan rings is 1. The van der Waals surface area contributed by atoms with Crippen molar-refractivity contribution in [3.63, 3.8) is 0 Å². The lowest BCUT2D eigenvalue weighted by molar-refractivity contribution is -0.133. The Bertz CT molecular complexity index is 529. The van der Waals surface area contributed by atoms with Crippen molar-refractivity contribution in [2.75, 3.05) is 18.1 Å². The highest BCUT2D eigenvalue weighted by Gasteiger charge is 2.32. The normalized spacial score (nSPS) is 21.8. The van der Waals surface area contributed by atoms with Crippen molar-refractivity contribution in [3.05, 3.63) is 23.7 Å². The zero-order valence-corrected chi connectivity index (χ0v) is 14.0. The third-order valence-electron chi connectivity index (χ3n) is 4.01. The first-order valence-corrected chi connectivity index (χ1v) is 8.90. The van der Waals surface area contributed by atoms with Gasteiger partial charge in [0.2, 0.25) is 11.8 Å². The van der Waals surface area contributed by atoms with E-state index in [1.807, 2.05) is 17.0 Å². The quantitative estimate of drug-likeness (QED) is 0.871. The van der Waals surface area contributed by atoms with Gasteiger partial charge in [0, 0.05) is 13.0 Å². The number of aryl methyl sites for hydroxylation is 1. The number of hydrogen-bond donors (Lipinski definition) is 1. The van der Waals surface area contributed by atoms with E-state index in [1.165, 1.54) is 11.8 Å². The molecule has 2 rings (SSSR count). The standard InChI is InChI=1S/C16H24N2O3S/c1-3-12-4-5-14(21-12)13-8-11(2)6-7-18(13)16(20)10-22-9-15(17)19/h4-5,11,13H,3,6-10H2,1-2H3,(H2,17,19)/t11-,13-/m1/s1. The van der Waals surface area contributed by atoms with Crippen LogP contribution in [0.5, 0.6) is 0 Å². The van der Waals surface area contributed by atoms with Crippen molar-refractivity contribution in [3.8, 4) is 0 Å². The third-order valence-corrected chi connectivity index (χ3v) is 4.95. The number of nitrogens with zero attached hydrogens (tertiary/aromatic N) is 1. The van der Waals surface area contributed by atoms with E-state index in [0.717, 1.165) is 37.3 Å². The van der Waals surface area contributed by atoms with Crippen LogP contribution in [0.2, 0.25) is 0 Å². The summed E-state index contributed by atoms with van der Waals surface area (Å²) in [6.45, 7) is 5.00. The van der Waals surface area contributed by atoms with Gasteiger partial charge >= 0.3 is 0 Å². The summed E-state index contributed by atoms with van der Waals surface area (Å²) >= 11 is 1.27. The van der Waals surface area contributed by atoms with Gasteiger partial charge in [0.15, 0.2) is 0 Å². The van der Waals surface area contributed by atoms with Crippen LogP contribution in [0.3, 0.4) is 0 Å². The summed E-state index contributed by atoms with van der Waals surface area (Å²) in [4.78, 5) is 25.1. The molecule has 1 aliphatic rings. The smallest absolute Gasteiger partial charge is 0.233 e. The molecule has 0 aliphatic carbocycles. The van der Waals surface area contributed by atoms with Crippen LogP contribution >= 0.6 is 11.8 Å². The SMILES string of the molecule is CCc1ccc([C@H]2C[C@H](C)CCN2C(=O)CSCC(N)=O)o1. The molecule has 1 aromatic heterocycles. The molecule has 0 unspecified atom stereocenters. The van der Waals surface area contributed by atoms with Crippen LogP contribution in [-0.2, 0) is 16.0 Å². The van der Waals surface area contributed by atoms with E-state index < -0.39 is 0 Å². The van der Waals surface area contributed by atoms with E-state index in [4.69, 9.17) is 10.2 Å². The lowest BCUT2D eigenvalue weighted by Crippen LogP contribution is -2.41. The molecule has 1 saturated heterocycles. The van der Waals surface area contributed by atoms with Crippen molar-refractivity contribution in [1.29, 1.82) is 0 Å². The number of carbonyl (C=O) groups is 2. The van der Waals surface area contributed by atoms with Gasteiger partial charge in [0.25, 0.3) is 0 Å². The van der Waals surface area contributed by atoms with Gasteiger partial charge in [0.05, 0.1) is 17.5 Å². The molecule has 0 radical (unpaired) electrons. The van der Waals surface area contributed by atoms with Crippen LogP contribution in [0.4, 0.5) is 0 Å². The Morgan fingerprint density at radius 3 is 2.82 bits per heavy atom. The number of amides is 2. The summed E-state index contributed by atoms with van der Waals surface area (Å²) in [7, 11) is 0. The molecule has 1 aromatic rings. The lowest BCUT2D eigenvalue weighted by Gasteiger charge is -2.37. The summed E-state index contributed by atoms with van der Waals surface area (Å²) < 4.78 is 5.87. The minimum absolute atomic E-state index is 0.00530. The molecule has 0 saturated carbocycles. The number of likely N-dealkylation sites (tertiary alicyclic amines) is 1. The molecular weight excluding hydrogens is 300 g/mol. The minimum Gasteiger partial charge on any atom is -0.464 e. The van der Waals surface area contributed by atoms with Gasteiger partial charge in [-0.2, -0.15) is 0 Å². The average molecular weight is 324 g/mol. The molecule has 2 amide bonds. The number of rotatable bonds is 6. The molecule has 0 bridgehead atoms. The van der Waals surface area contributed by atoms with Crippen LogP contribution in [0, 0.1) is 5.92 Å². The molecule has 0 aromatic carbocycles. The summed E-state index contributed by atoms with van der Waals surface area (Å²) in [5.74, 6) is 2.53. The Balaban J connectivity index is 2.05. The van der Waals surface area contributed by atoms with Crippen molar-refractivity contribution in [2.45, 2.75) is 39.2 Å². The predicted octanol–water partition coefficient (Wildman–Crippen LogP) is 2.36. The van der Waals surface area contributed by atoms with E-state index in [2.05, 4.69) is 13.8 Å². The van der Waals surface area contributed by atoms with Crippen LogP contribution in [0.15, 0.2) is 16.5 Å². The van der Waals surface area contributed by atoms with Gasteiger partial charge in [-0.05, 0) is 30.9 Å². The molecule has 6 heteroatoms. The van der Waals surface area contributed by atoms with E-state index in [1.54, 1.807) is 0 Å². The molecule has 22 heavy (non-hydrogen) atoms. The Morgan fingerprint density at radius 1 is 1.41 bits per heavy atom. The molecule has 2 atom stereocenters. The van der Waals surface area contributed by atoms with Gasteiger partial charge in [0.1, 0.15) is 11.5 Å². The number of thioether (sulfide) groups is 1. The number of nitrogens with two attached hydrogens (primary N) is 1. The maximum absolute atomic E-state index is 12.5. The molecule has 1 aliphatic heterocycles. The lowest BCUT2D eigenvalue weighted by atomic mass is 9.91. The fraction of sp³-hybridized carbons (Fsp3) is 0.625. The van der Waals surface area contributed by atoms with Crippen LogP contribution in [0.25, 0.3) is 0 Å². The summed E-state index contributed by atoms with van der Waals surface area (Å²) in [6, 6.07) is 3.98. The summed E-state index contributed by atoms with van der Waals surface area (Å²) in [5, 5.41) is 0. The van der Waals surface area contributed by atoms with Gasteiger partial charge in [-0.25, -0.2) is 0 Å². The monoisotopic (exact) mass is 324 g/mol. The third kappa shape index (κ3) is 4.29. The number of carbonyl (C=O) groups excluding carboxylic acids is 2. The molecule has 122 valence electrons. The average Bonchev–Trinajstić information content (AvgIpc) is 2.95. The second kappa shape index (κ2) is 7.72.